The number of thiazole rings is 1. The van der Waals surface area contributed by atoms with Gasteiger partial charge in [0.25, 0.3) is 5.91 Å². The van der Waals surface area contributed by atoms with Crippen LogP contribution in [0.25, 0.3) is 0 Å². The first-order valence-corrected chi connectivity index (χ1v) is 10.0. The molecule has 3 atom stereocenters. The average Bonchev–Trinajstić information content (AvgIpc) is 3.28. The van der Waals surface area contributed by atoms with Gasteiger partial charge in [0.05, 0.1) is 36.0 Å². The third kappa shape index (κ3) is 4.01. The highest BCUT2D eigenvalue weighted by Gasteiger charge is 2.42. The Balaban J connectivity index is 1.32. The number of piperidine rings is 1. The van der Waals surface area contributed by atoms with Crippen LogP contribution in [0.5, 0.6) is 0 Å². The normalized spacial score (nSPS) is 24.5. The van der Waals surface area contributed by atoms with Crippen molar-refractivity contribution in [1.29, 1.82) is 0 Å². The molecule has 2 aliphatic rings. The molecule has 0 spiro atoms. The van der Waals surface area contributed by atoms with Gasteiger partial charge in [-0.1, -0.05) is 0 Å². The Kier molecular flexibility index (Phi) is 5.18. The van der Waals surface area contributed by atoms with Gasteiger partial charge in [-0.3, -0.25) is 14.6 Å². The van der Waals surface area contributed by atoms with Crippen molar-refractivity contribution in [3.8, 4) is 0 Å². The number of fused-ring (bicyclic) bond motifs is 1. The number of carbonyl (C=O) groups is 2. The summed E-state index contributed by atoms with van der Waals surface area (Å²) in [6.07, 6.45) is 4.38. The molecule has 0 aliphatic carbocycles. The predicted octanol–water partition coefficient (Wildman–Crippen LogP) is 2.35. The molecule has 2 saturated heterocycles. The summed E-state index contributed by atoms with van der Waals surface area (Å²) >= 11 is 1.49. The number of aromatic nitrogens is 2. The first-order valence-electron chi connectivity index (χ1n) is 9.13. The summed E-state index contributed by atoms with van der Waals surface area (Å²) in [5.41, 5.74) is 1.22. The summed E-state index contributed by atoms with van der Waals surface area (Å²) in [5.74, 6) is 0.519. The molecule has 8 heteroatoms. The molecule has 4 rings (SSSR count). The van der Waals surface area contributed by atoms with Crippen LogP contribution in [0, 0.1) is 18.8 Å². The lowest BCUT2D eigenvalue weighted by Crippen LogP contribution is -2.45. The Morgan fingerprint density at radius 1 is 1.44 bits per heavy atom. The maximum Gasteiger partial charge on any atom is 0.273 e. The molecular formula is C19H22N4O3S. The fourth-order valence-electron chi connectivity index (χ4n) is 3.94. The van der Waals surface area contributed by atoms with Crippen LogP contribution in [0.2, 0.25) is 0 Å². The van der Waals surface area contributed by atoms with E-state index in [0.29, 0.717) is 43.4 Å². The quantitative estimate of drug-likeness (QED) is 0.872. The van der Waals surface area contributed by atoms with E-state index in [4.69, 9.17) is 4.74 Å². The second-order valence-corrected chi connectivity index (χ2v) is 8.14. The van der Waals surface area contributed by atoms with Gasteiger partial charge in [-0.25, -0.2) is 4.98 Å². The molecule has 2 amide bonds. The lowest BCUT2D eigenvalue weighted by molar-refractivity contribution is -0.118. The van der Waals surface area contributed by atoms with Gasteiger partial charge in [0.1, 0.15) is 5.69 Å². The van der Waals surface area contributed by atoms with Gasteiger partial charge in [-0.2, -0.15) is 0 Å². The molecule has 27 heavy (non-hydrogen) atoms. The van der Waals surface area contributed by atoms with Crippen LogP contribution in [-0.2, 0) is 9.53 Å². The van der Waals surface area contributed by atoms with E-state index in [1.807, 2.05) is 23.3 Å². The Bertz CT molecular complexity index is 825. The molecule has 4 heterocycles. The third-order valence-corrected chi connectivity index (χ3v) is 6.03. The average molecular weight is 386 g/mol. The minimum Gasteiger partial charge on any atom is -0.377 e. The highest BCUT2D eigenvalue weighted by Crippen LogP contribution is 2.36. The number of anilines is 1. The largest absolute Gasteiger partial charge is 0.377 e. The molecule has 0 radical (unpaired) electrons. The lowest BCUT2D eigenvalue weighted by atomic mass is 9.83. The molecule has 7 nitrogen and oxygen atoms in total. The third-order valence-electron chi connectivity index (χ3n) is 5.25. The van der Waals surface area contributed by atoms with Crippen molar-refractivity contribution in [2.45, 2.75) is 25.9 Å². The Hall–Kier alpha value is -2.32. The summed E-state index contributed by atoms with van der Waals surface area (Å²) in [6.45, 7) is 3.84. The van der Waals surface area contributed by atoms with Crippen LogP contribution in [0.1, 0.15) is 28.3 Å². The smallest absolute Gasteiger partial charge is 0.273 e. The second kappa shape index (κ2) is 7.74. The van der Waals surface area contributed by atoms with E-state index in [1.54, 1.807) is 18.5 Å². The van der Waals surface area contributed by atoms with Crippen LogP contribution in [0.4, 0.5) is 5.69 Å². The minimum absolute atomic E-state index is 0.00410. The van der Waals surface area contributed by atoms with E-state index in [2.05, 4.69) is 15.3 Å². The number of hydrogen-bond donors (Lipinski definition) is 1. The van der Waals surface area contributed by atoms with Gasteiger partial charge in [-0.05, 0) is 31.4 Å². The van der Waals surface area contributed by atoms with Crippen molar-refractivity contribution in [3.05, 3.63) is 40.6 Å². The number of carbonyl (C=O) groups excluding carboxylic acids is 2. The van der Waals surface area contributed by atoms with E-state index in [1.165, 1.54) is 11.3 Å². The van der Waals surface area contributed by atoms with E-state index in [-0.39, 0.29) is 23.8 Å². The molecular weight excluding hydrogens is 364 g/mol. The van der Waals surface area contributed by atoms with Gasteiger partial charge < -0.3 is 15.0 Å². The van der Waals surface area contributed by atoms with Gasteiger partial charge in [0.15, 0.2) is 0 Å². The number of hydrogen-bond acceptors (Lipinski definition) is 6. The number of rotatable bonds is 4. The molecule has 0 unspecified atom stereocenters. The van der Waals surface area contributed by atoms with Crippen molar-refractivity contribution >= 4 is 28.8 Å². The topological polar surface area (TPSA) is 84.4 Å². The van der Waals surface area contributed by atoms with Crippen LogP contribution in [-0.4, -0.2) is 52.5 Å². The van der Waals surface area contributed by atoms with E-state index < -0.39 is 0 Å². The van der Waals surface area contributed by atoms with Gasteiger partial charge in [0.2, 0.25) is 5.91 Å². The Morgan fingerprint density at radius 2 is 2.33 bits per heavy atom. The van der Waals surface area contributed by atoms with Crippen molar-refractivity contribution in [2.24, 2.45) is 11.8 Å². The van der Waals surface area contributed by atoms with Crippen molar-refractivity contribution in [1.82, 2.24) is 14.9 Å². The van der Waals surface area contributed by atoms with Gasteiger partial charge in [0, 0.05) is 30.6 Å². The summed E-state index contributed by atoms with van der Waals surface area (Å²) in [5, 5.41) is 5.58. The number of aryl methyl sites for hydroxylation is 1. The van der Waals surface area contributed by atoms with E-state index in [0.717, 1.165) is 11.4 Å². The zero-order valence-corrected chi connectivity index (χ0v) is 15.9. The monoisotopic (exact) mass is 386 g/mol. The number of amides is 2. The van der Waals surface area contributed by atoms with Gasteiger partial charge >= 0.3 is 0 Å². The summed E-state index contributed by atoms with van der Waals surface area (Å²) in [4.78, 5) is 35.1. The maximum atomic E-state index is 12.6. The summed E-state index contributed by atoms with van der Waals surface area (Å²) < 4.78 is 5.92. The molecule has 0 saturated carbocycles. The fraction of sp³-hybridized carbons (Fsp3) is 0.474. The summed E-state index contributed by atoms with van der Waals surface area (Å²) in [6, 6.07) is 3.60. The van der Waals surface area contributed by atoms with Gasteiger partial charge in [-0.15, -0.1) is 11.3 Å². The Labute approximate surface area is 161 Å². The molecule has 0 aromatic carbocycles. The van der Waals surface area contributed by atoms with E-state index in [9.17, 15) is 9.59 Å². The summed E-state index contributed by atoms with van der Waals surface area (Å²) in [7, 11) is 0. The molecule has 1 N–H and O–H groups in total. The van der Waals surface area contributed by atoms with Crippen molar-refractivity contribution < 1.29 is 14.3 Å². The molecule has 0 bridgehead atoms. The Morgan fingerprint density at radius 3 is 3.07 bits per heavy atom. The molecule has 2 aliphatic heterocycles. The fourth-order valence-corrected chi connectivity index (χ4v) is 4.52. The van der Waals surface area contributed by atoms with Crippen LogP contribution in [0.15, 0.2) is 29.9 Å². The highest BCUT2D eigenvalue weighted by molar-refractivity contribution is 7.09. The minimum atomic E-state index is -0.0922. The zero-order chi connectivity index (χ0) is 18.8. The first-order chi connectivity index (χ1) is 13.1. The SMILES string of the molecule is Cc1nc(C(=O)N2CC[C@@H]3[C@@H](CO[C@H]3CC(=O)Nc3cccnc3)C2)cs1. The molecule has 2 fully saturated rings. The molecule has 2 aromatic heterocycles. The van der Waals surface area contributed by atoms with Crippen LogP contribution >= 0.6 is 11.3 Å². The predicted molar refractivity (Wildman–Crippen MR) is 102 cm³/mol. The molecule has 142 valence electrons. The van der Waals surface area contributed by atoms with Crippen molar-refractivity contribution in [3.63, 3.8) is 0 Å². The second-order valence-electron chi connectivity index (χ2n) is 7.08. The lowest BCUT2D eigenvalue weighted by Gasteiger charge is -2.35. The molecule has 2 aromatic rings. The first kappa shape index (κ1) is 18.1. The number of likely N-dealkylation sites (tertiary alicyclic amines) is 1. The number of pyridine rings is 1. The zero-order valence-electron chi connectivity index (χ0n) is 15.1. The highest BCUT2D eigenvalue weighted by atomic mass is 32.1. The number of nitrogens with zero attached hydrogens (tertiary/aromatic N) is 3. The number of ether oxygens (including phenoxy) is 1. The van der Waals surface area contributed by atoms with Crippen LogP contribution < -0.4 is 5.32 Å². The maximum absolute atomic E-state index is 12.6. The standard InChI is InChI=1S/C19H22N4O3S/c1-12-21-16(11-27-12)19(25)23-6-4-15-13(9-23)10-26-17(15)7-18(24)22-14-3-2-5-20-8-14/h2-3,5,8,11,13,15,17H,4,6-7,9-10H2,1H3,(H,22,24)/t13-,15-,17+/m1/s1. The van der Waals surface area contributed by atoms with Crippen molar-refractivity contribution in [2.75, 3.05) is 25.0 Å². The number of nitrogens with one attached hydrogen (secondary N) is 1. The van der Waals surface area contributed by atoms with E-state index >= 15 is 0 Å². The van der Waals surface area contributed by atoms with Crippen LogP contribution in [0.3, 0.4) is 0 Å².